The van der Waals surface area contributed by atoms with Gasteiger partial charge in [-0.1, -0.05) is 30.3 Å². The van der Waals surface area contributed by atoms with Crippen LogP contribution < -0.4 is 5.32 Å². The predicted molar refractivity (Wildman–Crippen MR) is 61.5 cm³/mol. The monoisotopic (exact) mass is 237 g/mol. The summed E-state index contributed by atoms with van der Waals surface area (Å²) in [6.07, 6.45) is -1.57. The van der Waals surface area contributed by atoms with E-state index in [0.717, 1.165) is 5.56 Å². The van der Waals surface area contributed by atoms with Crippen molar-refractivity contribution in [1.82, 2.24) is 5.32 Å². The number of carboxylic acid groups (broad SMARTS) is 1. The lowest BCUT2D eigenvalue weighted by Crippen LogP contribution is -2.38. The number of rotatable bonds is 5. The maximum Gasteiger partial charge on any atom is 0.334 e. The first-order chi connectivity index (χ1) is 8.02. The number of carbonyl (C=O) groups excluding carboxylic acids is 1. The molecule has 17 heavy (non-hydrogen) atoms. The summed E-state index contributed by atoms with van der Waals surface area (Å²) in [6.45, 7) is 1.43. The van der Waals surface area contributed by atoms with E-state index in [0.29, 0.717) is 0 Å². The van der Waals surface area contributed by atoms with Gasteiger partial charge in [0.15, 0.2) is 6.10 Å². The highest BCUT2D eigenvalue weighted by molar-refractivity contribution is 5.83. The Hall–Kier alpha value is -1.88. The van der Waals surface area contributed by atoms with E-state index in [-0.39, 0.29) is 18.4 Å². The lowest BCUT2D eigenvalue weighted by atomic mass is 10.0. The van der Waals surface area contributed by atoms with Gasteiger partial charge in [-0.15, -0.1) is 0 Å². The molecule has 1 aromatic rings. The van der Waals surface area contributed by atoms with E-state index in [1.165, 1.54) is 0 Å². The Morgan fingerprint density at radius 2 is 1.88 bits per heavy atom. The third-order valence-corrected chi connectivity index (χ3v) is 2.45. The molecule has 0 aliphatic heterocycles. The van der Waals surface area contributed by atoms with Crippen LogP contribution in [0.1, 0.15) is 18.4 Å². The van der Waals surface area contributed by atoms with Crippen LogP contribution >= 0.6 is 0 Å². The molecule has 0 aliphatic carbocycles. The van der Waals surface area contributed by atoms with E-state index in [9.17, 15) is 9.59 Å². The highest BCUT2D eigenvalue weighted by Crippen LogP contribution is 2.14. The van der Waals surface area contributed by atoms with Crippen LogP contribution in [0.3, 0.4) is 0 Å². The Morgan fingerprint density at radius 3 is 2.41 bits per heavy atom. The second-order valence-corrected chi connectivity index (χ2v) is 3.73. The quantitative estimate of drug-likeness (QED) is 0.689. The molecule has 1 amide bonds. The van der Waals surface area contributed by atoms with Gasteiger partial charge in [-0.25, -0.2) is 4.79 Å². The summed E-state index contributed by atoms with van der Waals surface area (Å²) < 4.78 is 0. The summed E-state index contributed by atoms with van der Waals surface area (Å²) in [5, 5.41) is 19.9. The lowest BCUT2D eigenvalue weighted by molar-refractivity contribution is -0.146. The van der Waals surface area contributed by atoms with E-state index < -0.39 is 12.1 Å². The zero-order chi connectivity index (χ0) is 12.8. The number of aliphatic hydroxyl groups excluding tert-OH is 1. The van der Waals surface area contributed by atoms with Crippen molar-refractivity contribution in [2.45, 2.75) is 18.9 Å². The average molecular weight is 237 g/mol. The van der Waals surface area contributed by atoms with Crippen LogP contribution in [-0.2, 0) is 9.59 Å². The van der Waals surface area contributed by atoms with E-state index >= 15 is 0 Å². The van der Waals surface area contributed by atoms with Crippen molar-refractivity contribution < 1.29 is 19.8 Å². The first kappa shape index (κ1) is 13.2. The number of amides is 1. The summed E-state index contributed by atoms with van der Waals surface area (Å²) >= 11 is 0. The molecule has 0 bridgehead atoms. The van der Waals surface area contributed by atoms with E-state index in [4.69, 9.17) is 10.2 Å². The highest BCUT2D eigenvalue weighted by atomic mass is 16.4. The van der Waals surface area contributed by atoms with Crippen molar-refractivity contribution in [3.05, 3.63) is 35.9 Å². The molecule has 1 rings (SSSR count). The summed E-state index contributed by atoms with van der Waals surface area (Å²) in [6, 6.07) is 9.13. The third kappa shape index (κ3) is 3.88. The molecule has 92 valence electrons. The van der Waals surface area contributed by atoms with Crippen LogP contribution in [0.2, 0.25) is 0 Å². The maximum atomic E-state index is 11.7. The summed E-state index contributed by atoms with van der Waals surface area (Å²) in [7, 11) is 0. The number of carboxylic acids is 1. The molecule has 0 aliphatic rings. The normalized spacial score (nSPS) is 13.8. The van der Waals surface area contributed by atoms with Crippen molar-refractivity contribution in [2.75, 3.05) is 6.54 Å². The number of hydrogen-bond donors (Lipinski definition) is 3. The zero-order valence-electron chi connectivity index (χ0n) is 9.46. The SMILES string of the molecule is CC(C(=O)NCC(O)C(=O)O)c1ccccc1. The molecular formula is C12H15NO4. The van der Waals surface area contributed by atoms with Crippen LogP contribution in [0.5, 0.6) is 0 Å². The lowest BCUT2D eigenvalue weighted by Gasteiger charge is -2.13. The topological polar surface area (TPSA) is 86.6 Å². The molecule has 0 fully saturated rings. The Kier molecular flexibility index (Phi) is 4.66. The molecule has 0 radical (unpaired) electrons. The van der Waals surface area contributed by atoms with E-state index in [1.54, 1.807) is 6.92 Å². The van der Waals surface area contributed by atoms with Gasteiger partial charge in [-0.2, -0.15) is 0 Å². The van der Waals surface area contributed by atoms with Crippen molar-refractivity contribution in [2.24, 2.45) is 0 Å². The van der Waals surface area contributed by atoms with Crippen molar-refractivity contribution in [3.8, 4) is 0 Å². The van der Waals surface area contributed by atoms with Gasteiger partial charge < -0.3 is 15.5 Å². The minimum Gasteiger partial charge on any atom is -0.479 e. The standard InChI is InChI=1S/C12H15NO4/c1-8(9-5-3-2-4-6-9)11(15)13-7-10(14)12(16)17/h2-6,8,10,14H,7H2,1H3,(H,13,15)(H,16,17). The first-order valence-corrected chi connectivity index (χ1v) is 5.26. The van der Waals surface area contributed by atoms with E-state index in [1.807, 2.05) is 30.3 Å². The molecule has 1 aromatic carbocycles. The molecule has 5 nitrogen and oxygen atoms in total. The average Bonchev–Trinajstić information content (AvgIpc) is 2.35. The number of hydrogen-bond acceptors (Lipinski definition) is 3. The summed E-state index contributed by atoms with van der Waals surface area (Å²) in [5.74, 6) is -2.04. The van der Waals surface area contributed by atoms with Gasteiger partial charge in [0.25, 0.3) is 0 Å². The molecule has 0 aromatic heterocycles. The number of benzene rings is 1. The Bertz CT molecular complexity index is 391. The van der Waals surface area contributed by atoms with Crippen molar-refractivity contribution in [3.63, 3.8) is 0 Å². The molecular weight excluding hydrogens is 222 g/mol. The number of aliphatic carboxylic acids is 1. The molecule has 5 heteroatoms. The fourth-order valence-corrected chi connectivity index (χ4v) is 1.33. The van der Waals surface area contributed by atoms with Gasteiger partial charge in [0.05, 0.1) is 12.5 Å². The van der Waals surface area contributed by atoms with Gasteiger partial charge in [-0.3, -0.25) is 4.79 Å². The van der Waals surface area contributed by atoms with Gasteiger partial charge in [0, 0.05) is 0 Å². The van der Waals surface area contributed by atoms with Crippen LogP contribution in [0.4, 0.5) is 0 Å². The van der Waals surface area contributed by atoms with Crippen LogP contribution in [0.15, 0.2) is 30.3 Å². The highest BCUT2D eigenvalue weighted by Gasteiger charge is 2.18. The second-order valence-electron chi connectivity index (χ2n) is 3.73. The molecule has 2 unspecified atom stereocenters. The van der Waals surface area contributed by atoms with E-state index in [2.05, 4.69) is 5.32 Å². The van der Waals surface area contributed by atoms with Crippen LogP contribution in [-0.4, -0.2) is 34.7 Å². The predicted octanol–water partition coefficient (Wildman–Crippen LogP) is 0.352. The molecule has 3 N–H and O–H groups in total. The van der Waals surface area contributed by atoms with Gasteiger partial charge >= 0.3 is 5.97 Å². The molecule has 0 heterocycles. The molecule has 2 atom stereocenters. The van der Waals surface area contributed by atoms with Crippen LogP contribution in [0.25, 0.3) is 0 Å². The first-order valence-electron chi connectivity index (χ1n) is 5.26. The second kappa shape index (κ2) is 6.00. The number of aliphatic hydroxyl groups is 1. The summed E-state index contributed by atoms with van der Waals surface area (Å²) in [5.41, 5.74) is 0.842. The Morgan fingerprint density at radius 1 is 1.29 bits per heavy atom. The molecule has 0 saturated carbocycles. The third-order valence-electron chi connectivity index (χ3n) is 2.45. The Balaban J connectivity index is 2.51. The maximum absolute atomic E-state index is 11.7. The molecule has 0 spiro atoms. The van der Waals surface area contributed by atoms with Crippen molar-refractivity contribution >= 4 is 11.9 Å². The Labute approximate surface area is 99.1 Å². The van der Waals surface area contributed by atoms with Crippen molar-refractivity contribution in [1.29, 1.82) is 0 Å². The summed E-state index contributed by atoms with van der Waals surface area (Å²) in [4.78, 5) is 22.0. The number of carbonyl (C=O) groups is 2. The van der Waals surface area contributed by atoms with Gasteiger partial charge in [0.2, 0.25) is 5.91 Å². The minimum atomic E-state index is -1.57. The van der Waals surface area contributed by atoms with Gasteiger partial charge in [-0.05, 0) is 12.5 Å². The minimum absolute atomic E-state index is 0.286. The largest absolute Gasteiger partial charge is 0.479 e. The fraction of sp³-hybridized carbons (Fsp3) is 0.333. The smallest absolute Gasteiger partial charge is 0.334 e. The number of nitrogens with one attached hydrogen (secondary N) is 1. The zero-order valence-corrected chi connectivity index (χ0v) is 9.46. The van der Waals surface area contributed by atoms with Crippen LogP contribution in [0, 0.1) is 0 Å². The molecule has 0 saturated heterocycles. The van der Waals surface area contributed by atoms with Gasteiger partial charge in [0.1, 0.15) is 0 Å². The fourth-order valence-electron chi connectivity index (χ4n) is 1.33.